The van der Waals surface area contributed by atoms with E-state index in [9.17, 15) is 9.59 Å². The highest BCUT2D eigenvalue weighted by Gasteiger charge is 2.26. The van der Waals surface area contributed by atoms with E-state index in [0.29, 0.717) is 0 Å². The maximum absolute atomic E-state index is 11.9. The molecule has 1 fully saturated rings. The summed E-state index contributed by atoms with van der Waals surface area (Å²) in [4.78, 5) is 27.4. The molecule has 6 nitrogen and oxygen atoms in total. The minimum absolute atomic E-state index is 0.331. The first-order chi connectivity index (χ1) is 11.0. The fourth-order valence-electron chi connectivity index (χ4n) is 2.58. The van der Waals surface area contributed by atoms with E-state index in [4.69, 9.17) is 11.6 Å². The van der Waals surface area contributed by atoms with Crippen LogP contribution in [0.3, 0.4) is 0 Å². The zero-order valence-electron chi connectivity index (χ0n) is 13.4. The number of rotatable bonds is 4. The van der Waals surface area contributed by atoms with Crippen LogP contribution in [0.15, 0.2) is 24.3 Å². The van der Waals surface area contributed by atoms with Crippen LogP contribution in [0.4, 0.5) is 4.79 Å². The molecule has 0 aromatic heterocycles. The van der Waals surface area contributed by atoms with Gasteiger partial charge in [-0.15, -0.1) is 0 Å². The molecule has 2 amide bonds. The van der Waals surface area contributed by atoms with Crippen LogP contribution in [0.25, 0.3) is 0 Å². The summed E-state index contributed by atoms with van der Waals surface area (Å²) in [5.74, 6) is -0.331. The van der Waals surface area contributed by atoms with Crippen LogP contribution in [-0.2, 0) is 16.1 Å². The minimum atomic E-state index is -0.719. The smallest absolute Gasteiger partial charge is 0.413 e. The Balaban J connectivity index is 1.80. The van der Waals surface area contributed by atoms with Gasteiger partial charge in [0.25, 0.3) is 0 Å². The molecule has 0 unspecified atom stereocenters. The third kappa shape index (κ3) is 5.20. The van der Waals surface area contributed by atoms with Gasteiger partial charge < -0.3 is 4.74 Å². The summed E-state index contributed by atoms with van der Waals surface area (Å²) in [7, 11) is 1.24. The lowest BCUT2D eigenvalue weighted by Crippen LogP contribution is -2.54. The van der Waals surface area contributed by atoms with Crippen molar-refractivity contribution in [3.8, 4) is 0 Å². The first-order valence-electron chi connectivity index (χ1n) is 7.59. The number of nitrogens with zero attached hydrogens (tertiary/aromatic N) is 2. The van der Waals surface area contributed by atoms with Gasteiger partial charge in [0.15, 0.2) is 0 Å². The Kier molecular flexibility index (Phi) is 6.38. The molecule has 1 aromatic carbocycles. The number of piperazine rings is 1. The molecule has 1 aliphatic rings. The summed E-state index contributed by atoms with van der Waals surface area (Å²) in [5.41, 5.74) is 1.22. The zero-order valence-corrected chi connectivity index (χ0v) is 14.2. The molecule has 126 valence electrons. The van der Waals surface area contributed by atoms with Crippen LogP contribution in [0.5, 0.6) is 0 Å². The quantitative estimate of drug-likeness (QED) is 0.905. The van der Waals surface area contributed by atoms with Gasteiger partial charge in [-0.2, -0.15) is 0 Å². The Morgan fingerprint density at radius 3 is 2.39 bits per heavy atom. The Hall–Kier alpha value is -1.63. The molecule has 0 bridgehead atoms. The van der Waals surface area contributed by atoms with Gasteiger partial charge in [-0.1, -0.05) is 23.7 Å². The molecule has 1 saturated heterocycles. The SMILES string of the molecule is COC(=O)NC(=O)[C@H](C)N1CCN(Cc2ccc(Cl)cc2)CC1. The number of alkyl carbamates (subject to hydrolysis) is 1. The number of halogens is 1. The molecule has 1 aromatic rings. The van der Waals surface area contributed by atoms with Crippen molar-refractivity contribution in [2.75, 3.05) is 33.3 Å². The molecule has 1 heterocycles. The van der Waals surface area contributed by atoms with Crippen molar-refractivity contribution in [2.24, 2.45) is 0 Å². The maximum Gasteiger partial charge on any atom is 0.413 e. The van der Waals surface area contributed by atoms with Gasteiger partial charge in [-0.3, -0.25) is 19.9 Å². The van der Waals surface area contributed by atoms with E-state index in [0.717, 1.165) is 37.7 Å². The first-order valence-corrected chi connectivity index (χ1v) is 7.97. The van der Waals surface area contributed by atoms with Gasteiger partial charge in [0.2, 0.25) is 5.91 Å². The molecule has 1 aliphatic heterocycles. The van der Waals surface area contributed by atoms with Crippen molar-refractivity contribution in [2.45, 2.75) is 19.5 Å². The normalized spacial score (nSPS) is 17.5. The first kappa shape index (κ1) is 17.7. The predicted octanol–water partition coefficient (Wildman–Crippen LogP) is 1.73. The molecule has 0 aliphatic carbocycles. The number of carbonyl (C=O) groups is 2. The maximum atomic E-state index is 11.9. The van der Waals surface area contributed by atoms with Crippen LogP contribution in [0.2, 0.25) is 5.02 Å². The molecule has 0 spiro atoms. The van der Waals surface area contributed by atoms with E-state index in [1.807, 2.05) is 24.3 Å². The van der Waals surface area contributed by atoms with E-state index >= 15 is 0 Å². The average molecular weight is 340 g/mol. The molecule has 1 N–H and O–H groups in total. The summed E-state index contributed by atoms with van der Waals surface area (Å²) in [6.07, 6.45) is -0.719. The van der Waals surface area contributed by atoms with Gasteiger partial charge in [0, 0.05) is 37.7 Å². The van der Waals surface area contributed by atoms with E-state index < -0.39 is 6.09 Å². The number of hydrogen-bond acceptors (Lipinski definition) is 5. The van der Waals surface area contributed by atoms with Crippen LogP contribution < -0.4 is 5.32 Å². The molecular weight excluding hydrogens is 318 g/mol. The third-order valence-corrected chi connectivity index (χ3v) is 4.32. The fraction of sp³-hybridized carbons (Fsp3) is 0.500. The number of nitrogens with one attached hydrogen (secondary N) is 1. The average Bonchev–Trinajstić information content (AvgIpc) is 2.56. The number of benzene rings is 1. The number of ether oxygens (including phenoxy) is 1. The highest BCUT2D eigenvalue weighted by atomic mass is 35.5. The Bertz CT molecular complexity index is 542. The largest absolute Gasteiger partial charge is 0.453 e. The second-order valence-electron chi connectivity index (χ2n) is 5.60. The van der Waals surface area contributed by atoms with Crippen molar-refractivity contribution in [3.63, 3.8) is 0 Å². The van der Waals surface area contributed by atoms with E-state index in [2.05, 4.69) is 19.9 Å². The number of amides is 2. The van der Waals surface area contributed by atoms with Crippen LogP contribution in [-0.4, -0.2) is 61.1 Å². The van der Waals surface area contributed by atoms with Crippen LogP contribution in [0, 0.1) is 0 Å². The summed E-state index contributed by atoms with van der Waals surface area (Å²) in [6.45, 7) is 5.98. The van der Waals surface area contributed by atoms with Crippen molar-refractivity contribution in [1.29, 1.82) is 0 Å². The third-order valence-electron chi connectivity index (χ3n) is 4.06. The molecule has 23 heavy (non-hydrogen) atoms. The van der Waals surface area contributed by atoms with Gasteiger partial charge in [0.05, 0.1) is 13.2 Å². The topological polar surface area (TPSA) is 61.9 Å². The second-order valence-corrected chi connectivity index (χ2v) is 6.03. The Labute approximate surface area is 141 Å². The lowest BCUT2D eigenvalue weighted by atomic mass is 10.1. The van der Waals surface area contributed by atoms with Crippen molar-refractivity contribution >= 4 is 23.6 Å². The Morgan fingerprint density at radius 1 is 1.22 bits per heavy atom. The van der Waals surface area contributed by atoms with E-state index in [1.54, 1.807) is 6.92 Å². The summed E-state index contributed by atoms with van der Waals surface area (Å²) >= 11 is 5.89. The Morgan fingerprint density at radius 2 is 1.83 bits per heavy atom. The summed E-state index contributed by atoms with van der Waals surface area (Å²) < 4.78 is 4.44. The van der Waals surface area contributed by atoms with Gasteiger partial charge in [-0.25, -0.2) is 4.79 Å². The summed E-state index contributed by atoms with van der Waals surface area (Å²) in [6, 6.07) is 7.49. The second kappa shape index (κ2) is 8.29. The molecule has 1 atom stereocenters. The van der Waals surface area contributed by atoms with E-state index in [-0.39, 0.29) is 11.9 Å². The lowest BCUT2D eigenvalue weighted by Gasteiger charge is -2.37. The number of hydrogen-bond donors (Lipinski definition) is 1. The number of imide groups is 1. The molecular formula is C16H22ClN3O3. The standard InChI is InChI=1S/C16H22ClN3O3/c1-12(15(21)18-16(22)23-2)20-9-7-19(8-10-20)11-13-3-5-14(17)6-4-13/h3-6,12H,7-11H2,1-2H3,(H,18,21,22)/t12-/m0/s1. The molecule has 7 heteroatoms. The fourth-order valence-corrected chi connectivity index (χ4v) is 2.70. The minimum Gasteiger partial charge on any atom is -0.453 e. The lowest BCUT2D eigenvalue weighted by molar-refractivity contribution is -0.125. The highest BCUT2D eigenvalue weighted by molar-refractivity contribution is 6.30. The highest BCUT2D eigenvalue weighted by Crippen LogP contribution is 2.13. The molecule has 0 radical (unpaired) electrons. The van der Waals surface area contributed by atoms with Crippen LogP contribution >= 0.6 is 11.6 Å². The monoisotopic (exact) mass is 339 g/mol. The molecule has 0 saturated carbocycles. The van der Waals surface area contributed by atoms with Gasteiger partial charge >= 0.3 is 6.09 Å². The van der Waals surface area contributed by atoms with Gasteiger partial charge in [0.1, 0.15) is 0 Å². The predicted molar refractivity (Wildman–Crippen MR) is 88.3 cm³/mol. The zero-order chi connectivity index (χ0) is 16.8. The number of methoxy groups -OCH3 is 1. The van der Waals surface area contributed by atoms with Crippen LogP contribution in [0.1, 0.15) is 12.5 Å². The van der Waals surface area contributed by atoms with Gasteiger partial charge in [-0.05, 0) is 24.6 Å². The van der Waals surface area contributed by atoms with Crippen molar-refractivity contribution in [3.05, 3.63) is 34.9 Å². The molecule has 2 rings (SSSR count). The number of carbonyl (C=O) groups excluding carboxylic acids is 2. The van der Waals surface area contributed by atoms with E-state index in [1.165, 1.54) is 12.7 Å². The summed E-state index contributed by atoms with van der Waals surface area (Å²) in [5, 5.41) is 2.95. The van der Waals surface area contributed by atoms with Crippen molar-refractivity contribution in [1.82, 2.24) is 15.1 Å². The van der Waals surface area contributed by atoms with Crippen molar-refractivity contribution < 1.29 is 14.3 Å².